The van der Waals surface area contributed by atoms with Crippen LogP contribution in [0.2, 0.25) is 0 Å². The minimum atomic E-state index is -1.92. The van der Waals surface area contributed by atoms with Crippen LogP contribution in [-0.2, 0) is 47.3 Å². The Balaban J connectivity index is 1.61. The molecule has 1 amide bonds. The number of fused-ring (bicyclic) bond motifs is 5. The van der Waals surface area contributed by atoms with Gasteiger partial charge in [0.25, 0.3) is 0 Å². The van der Waals surface area contributed by atoms with E-state index >= 15 is 0 Å². The standard InChI is InChI=1S/C36H43IN4O9S/c1-21(42)48-22-11-12-27-23(17-22)31(51(8,37(6)7)16-10-9-14-38)24-19-41-28(30(24)40-27)18-26-25(32(41)44)20-47-33(45)36(26,5)49-29(43)13-15-39-34(46)50-35(2,3)4/h11-12,17-18H,9-10,13,15-16,19-20H2,1-8H3,(H,39,46)/p+1/t36-/m0/s1. The number of primary amides is 1. The number of nitrogens with zero attached hydrogens (tertiary/aromatic N) is 3. The Hall–Kier alpha value is -4.01. The van der Waals surface area contributed by atoms with Crippen LogP contribution in [0, 0.1) is 11.3 Å². The second-order valence-electron chi connectivity index (χ2n) is 13.8. The summed E-state index contributed by atoms with van der Waals surface area (Å²) in [7, 11) is -1.50. The Labute approximate surface area is 303 Å². The topological polar surface area (TPSA) is 180 Å². The van der Waals surface area contributed by atoms with Gasteiger partial charge in [-0.15, -0.1) is 0 Å². The van der Waals surface area contributed by atoms with Crippen LogP contribution in [0.3, 0.4) is 0 Å². The number of hydrogen-bond donors (Lipinski definition) is 1. The predicted molar refractivity (Wildman–Crippen MR) is 200 cm³/mol. The summed E-state index contributed by atoms with van der Waals surface area (Å²) in [5.74, 6) is -0.791. The van der Waals surface area contributed by atoms with Crippen LogP contribution in [0.15, 0.2) is 34.0 Å². The van der Waals surface area contributed by atoms with E-state index in [1.807, 2.05) is 6.07 Å². The molecule has 0 saturated carbocycles. The third-order valence-corrected chi connectivity index (χ3v) is 26.8. The first-order valence-electron chi connectivity index (χ1n) is 16.4. The number of carbonyl (C=O) groups excluding carboxylic acids is 4. The van der Waals surface area contributed by atoms with Gasteiger partial charge in [0.05, 0.1) is 0 Å². The van der Waals surface area contributed by atoms with Crippen molar-refractivity contribution < 1.29 is 43.4 Å². The van der Waals surface area contributed by atoms with Crippen molar-refractivity contribution in [3.63, 3.8) is 0 Å². The average Bonchev–Trinajstić information content (AvgIpc) is 3.39. The zero-order valence-electron chi connectivity index (χ0n) is 30.1. The van der Waals surface area contributed by atoms with Gasteiger partial charge in [0.15, 0.2) is 0 Å². The minimum absolute atomic E-state index is 0.0277. The van der Waals surface area contributed by atoms with Crippen molar-refractivity contribution >= 4 is 60.5 Å². The van der Waals surface area contributed by atoms with E-state index in [1.54, 1.807) is 43.5 Å². The van der Waals surface area contributed by atoms with Crippen LogP contribution in [0.1, 0.15) is 70.6 Å². The zero-order chi connectivity index (χ0) is 37.5. The molecule has 0 radical (unpaired) electrons. The number of halogens is 1. The molecule has 0 spiro atoms. The molecule has 3 aromatic rings. The van der Waals surface area contributed by atoms with Crippen LogP contribution in [-0.4, -0.2) is 67.6 Å². The fourth-order valence-electron chi connectivity index (χ4n) is 6.34. The van der Waals surface area contributed by atoms with Crippen LogP contribution in [0.25, 0.3) is 22.3 Å². The molecular weight excluding hydrogens is 791 g/mol. The van der Waals surface area contributed by atoms with Gasteiger partial charge in [-0.2, -0.15) is 4.79 Å². The Kier molecular flexibility index (Phi) is 10.9. The fraction of sp³-hybridized carbons (Fsp3) is 0.472. The van der Waals surface area contributed by atoms with E-state index in [9.17, 15) is 29.2 Å². The summed E-state index contributed by atoms with van der Waals surface area (Å²) in [5.41, 5.74) is 0.0573. The number of esters is 3. The molecule has 0 saturated heterocycles. The first-order chi connectivity index (χ1) is 23.9. The molecule has 51 heavy (non-hydrogen) atoms. The second kappa shape index (κ2) is 14.5. The van der Waals surface area contributed by atoms with Crippen LogP contribution < -0.4 is 15.6 Å². The number of ether oxygens (including phenoxy) is 4. The Bertz CT molecular complexity index is 2050. The number of nitrogens with two attached hydrogens (primary N) is 1. The Morgan fingerprint density at radius 3 is 2.55 bits per heavy atom. The van der Waals surface area contributed by atoms with Gasteiger partial charge in [-0.1, -0.05) is 0 Å². The molecule has 2 aromatic heterocycles. The monoisotopic (exact) mass is 835 g/mol. The molecule has 4 heterocycles. The molecule has 0 bridgehead atoms. The molecule has 0 aliphatic carbocycles. The summed E-state index contributed by atoms with van der Waals surface area (Å²) < 4.78 is 23.6. The maximum absolute atomic E-state index is 14.3. The molecule has 2 aliphatic heterocycles. The number of hydrogen-bond acceptors (Lipinski definition) is 11. The van der Waals surface area contributed by atoms with Gasteiger partial charge in [-0.25, -0.2) is 5.32 Å². The average molecular weight is 836 g/mol. The number of alkyl halides is 2. The van der Waals surface area contributed by atoms with Gasteiger partial charge < -0.3 is 4.74 Å². The predicted octanol–water partition coefficient (Wildman–Crippen LogP) is 4.83. The van der Waals surface area contributed by atoms with Crippen molar-refractivity contribution in [2.75, 3.05) is 28.4 Å². The fourth-order valence-corrected chi connectivity index (χ4v) is 16.9. The van der Waals surface area contributed by atoms with Crippen LogP contribution >= 0.6 is 25.6 Å². The van der Waals surface area contributed by atoms with Crippen molar-refractivity contribution in [2.45, 2.75) is 83.1 Å². The van der Waals surface area contributed by atoms with E-state index in [1.165, 1.54) is 19.2 Å². The number of aromatic nitrogens is 2. The van der Waals surface area contributed by atoms with Gasteiger partial charge in [-0.05, 0) is 20.8 Å². The van der Waals surface area contributed by atoms with Gasteiger partial charge in [-0.3, -0.25) is 0 Å². The zero-order valence-corrected chi connectivity index (χ0v) is 33.1. The molecule has 13 nitrogen and oxygen atoms in total. The van der Waals surface area contributed by atoms with Crippen molar-refractivity contribution in [1.29, 1.82) is 5.26 Å². The number of pyridine rings is 2. The molecule has 274 valence electrons. The SMILES string of the molecule is CC(=O)Oc1ccc2nc3c(c(S(C)(CCCC#N)I(C)C)c2c1)Cn1c-3cc2c(c1=O)COC(=O)[C@@]2(C)OC(=O)CC[NH2+]C(=O)OC(C)(C)C. The minimum Gasteiger partial charge on any atom is -0.414 e. The van der Waals surface area contributed by atoms with Crippen LogP contribution in [0.5, 0.6) is 5.75 Å². The first-order valence-corrected chi connectivity index (χ1v) is 25.5. The molecular formula is C36H44IN4O9S+. The van der Waals surface area contributed by atoms with Crippen molar-refractivity contribution in [1.82, 2.24) is 9.55 Å². The Morgan fingerprint density at radius 2 is 1.90 bits per heavy atom. The molecule has 0 fully saturated rings. The van der Waals surface area contributed by atoms with Crippen molar-refractivity contribution in [3.05, 3.63) is 51.3 Å². The van der Waals surface area contributed by atoms with Crippen LogP contribution in [0.4, 0.5) is 4.79 Å². The first kappa shape index (κ1) is 38.2. The van der Waals surface area contributed by atoms with E-state index < -0.39 is 60.8 Å². The number of rotatable bonds is 10. The number of unbranched alkanes of at least 4 members (excludes halogenated alkanes) is 1. The third kappa shape index (κ3) is 7.63. The summed E-state index contributed by atoms with van der Waals surface area (Å²) in [4.78, 5) is 75.4. The van der Waals surface area contributed by atoms with Crippen molar-refractivity contribution in [3.8, 4) is 23.2 Å². The van der Waals surface area contributed by atoms with Crippen molar-refractivity contribution in [2.24, 2.45) is 0 Å². The smallest absolute Gasteiger partial charge is 0.414 e. The van der Waals surface area contributed by atoms with E-state index in [0.29, 0.717) is 29.1 Å². The van der Waals surface area contributed by atoms with Gasteiger partial charge in [0.1, 0.15) is 5.60 Å². The number of carbonyl (C=O) groups is 4. The van der Waals surface area contributed by atoms with E-state index in [4.69, 9.17) is 23.9 Å². The normalized spacial score (nSPS) is 18.3. The summed E-state index contributed by atoms with van der Waals surface area (Å²) in [6.45, 7) is 7.93. The summed E-state index contributed by atoms with van der Waals surface area (Å²) in [6, 6.07) is 9.30. The summed E-state index contributed by atoms with van der Waals surface area (Å²) in [6.07, 6.45) is 2.66. The van der Waals surface area contributed by atoms with Gasteiger partial charge in [0.2, 0.25) is 0 Å². The van der Waals surface area contributed by atoms with Gasteiger partial charge in [0, 0.05) is 0 Å². The number of cyclic esters (lactones) is 1. The maximum atomic E-state index is 14.3. The third-order valence-electron chi connectivity index (χ3n) is 8.78. The number of quaternary nitrogens is 1. The number of benzene rings is 1. The second-order valence-corrected chi connectivity index (χ2v) is 30.5. The summed E-state index contributed by atoms with van der Waals surface area (Å²) >= 11 is -1.67. The van der Waals surface area contributed by atoms with E-state index in [0.717, 1.165) is 28.0 Å². The molecule has 5 rings (SSSR count). The Morgan fingerprint density at radius 1 is 1.18 bits per heavy atom. The van der Waals surface area contributed by atoms with E-state index in [2.05, 4.69) is 22.2 Å². The van der Waals surface area contributed by atoms with E-state index in [-0.39, 0.29) is 42.8 Å². The molecule has 2 N–H and O–H groups in total. The number of amides is 1. The molecule has 2 atom stereocenters. The molecule has 1 aromatic carbocycles. The quantitative estimate of drug-likeness (QED) is 0.0578. The number of nitriles is 1. The molecule has 2 aliphatic rings. The summed E-state index contributed by atoms with van der Waals surface area (Å²) in [5, 5.41) is 11.5. The molecule has 1 unspecified atom stereocenters. The van der Waals surface area contributed by atoms with Gasteiger partial charge >= 0.3 is 264 Å². The molecule has 15 heteroatoms.